The Kier molecular flexibility index (Phi) is 3.73. The van der Waals surface area contributed by atoms with E-state index in [9.17, 15) is 13.2 Å². The van der Waals surface area contributed by atoms with Crippen molar-refractivity contribution in [2.24, 2.45) is 0 Å². The summed E-state index contributed by atoms with van der Waals surface area (Å²) in [7, 11) is 0. The van der Waals surface area contributed by atoms with Crippen molar-refractivity contribution in [1.29, 1.82) is 5.26 Å². The van der Waals surface area contributed by atoms with Gasteiger partial charge in [-0.2, -0.15) is 5.26 Å². The van der Waals surface area contributed by atoms with Gasteiger partial charge in [-0.1, -0.05) is 0 Å². The molecule has 1 aromatic heterocycles. The molecule has 0 spiro atoms. The first-order valence-electron chi connectivity index (χ1n) is 3.70. The molecule has 0 atom stereocenters. The molecule has 0 N–H and O–H groups in total. The maximum absolute atomic E-state index is 11.9. The van der Waals surface area contributed by atoms with Crippen LogP contribution in [0.3, 0.4) is 0 Å². The topological polar surface area (TPSA) is 45.9 Å². The lowest BCUT2D eigenvalue weighted by Crippen LogP contribution is -2.19. The maximum atomic E-state index is 11.9. The van der Waals surface area contributed by atoms with Crippen molar-refractivity contribution < 1.29 is 17.9 Å². The highest BCUT2D eigenvalue weighted by Crippen LogP contribution is 2.25. The number of nitrogens with zero attached hydrogens (tertiary/aromatic N) is 2. The monoisotopic (exact) mass is 328 g/mol. The van der Waals surface area contributed by atoms with Gasteiger partial charge in [0.1, 0.15) is 3.70 Å². The van der Waals surface area contributed by atoms with Gasteiger partial charge in [0.15, 0.2) is 0 Å². The molecule has 80 valence electrons. The van der Waals surface area contributed by atoms with Crippen molar-refractivity contribution >= 4 is 22.6 Å². The molecule has 0 saturated carbocycles. The standard InChI is InChI=1S/C8H4F3IN2O/c9-8(10,11)15-7-5(3-4-13)1-2-6(12)14-7/h1-2H,3H2. The van der Waals surface area contributed by atoms with Crippen molar-refractivity contribution in [3.8, 4) is 11.9 Å². The molecule has 1 aromatic rings. The first-order valence-corrected chi connectivity index (χ1v) is 4.78. The lowest BCUT2D eigenvalue weighted by atomic mass is 10.2. The van der Waals surface area contributed by atoms with Crippen molar-refractivity contribution in [1.82, 2.24) is 4.98 Å². The number of alkyl halides is 3. The molecule has 7 heteroatoms. The third-order valence-corrected chi connectivity index (χ3v) is 1.99. The maximum Gasteiger partial charge on any atom is 0.574 e. The second-order valence-corrected chi connectivity index (χ2v) is 3.59. The van der Waals surface area contributed by atoms with Crippen LogP contribution in [0.5, 0.6) is 5.88 Å². The van der Waals surface area contributed by atoms with Gasteiger partial charge >= 0.3 is 6.36 Å². The van der Waals surface area contributed by atoms with Gasteiger partial charge in [-0.15, -0.1) is 13.2 Å². The Hall–Kier alpha value is -1.04. The van der Waals surface area contributed by atoms with Crippen LogP contribution in [0.15, 0.2) is 12.1 Å². The number of pyridine rings is 1. The van der Waals surface area contributed by atoms with Crippen molar-refractivity contribution in [3.05, 3.63) is 21.4 Å². The average Bonchev–Trinajstić information content (AvgIpc) is 2.07. The Morgan fingerprint density at radius 1 is 1.47 bits per heavy atom. The third kappa shape index (κ3) is 3.91. The fourth-order valence-electron chi connectivity index (χ4n) is 0.864. The first-order chi connectivity index (χ1) is 6.92. The molecular formula is C8H4F3IN2O. The van der Waals surface area contributed by atoms with Crippen LogP contribution in [0.4, 0.5) is 13.2 Å². The van der Waals surface area contributed by atoms with Crippen LogP contribution in [0.1, 0.15) is 5.56 Å². The van der Waals surface area contributed by atoms with E-state index < -0.39 is 12.2 Å². The van der Waals surface area contributed by atoms with Gasteiger partial charge in [-0.25, -0.2) is 4.98 Å². The lowest BCUT2D eigenvalue weighted by Gasteiger charge is -2.10. The van der Waals surface area contributed by atoms with Crippen LogP contribution in [0, 0.1) is 15.0 Å². The molecule has 0 bridgehead atoms. The van der Waals surface area contributed by atoms with Gasteiger partial charge < -0.3 is 4.74 Å². The molecule has 0 unspecified atom stereocenters. The van der Waals surface area contributed by atoms with Gasteiger partial charge in [0, 0.05) is 5.56 Å². The summed E-state index contributed by atoms with van der Waals surface area (Å²) in [5.41, 5.74) is 0.121. The molecule has 0 radical (unpaired) electrons. The van der Waals surface area contributed by atoms with Crippen molar-refractivity contribution in [2.75, 3.05) is 0 Å². The fraction of sp³-hybridized carbons (Fsp3) is 0.250. The van der Waals surface area contributed by atoms with E-state index in [1.54, 1.807) is 28.7 Å². The minimum Gasteiger partial charge on any atom is -0.388 e. The van der Waals surface area contributed by atoms with Gasteiger partial charge in [0.05, 0.1) is 12.5 Å². The van der Waals surface area contributed by atoms with E-state index in [2.05, 4.69) is 9.72 Å². The first kappa shape index (κ1) is 12.0. The van der Waals surface area contributed by atoms with E-state index in [1.807, 2.05) is 0 Å². The van der Waals surface area contributed by atoms with E-state index in [0.717, 1.165) is 0 Å². The molecule has 3 nitrogen and oxygen atoms in total. The Bertz CT molecular complexity index is 400. The highest BCUT2D eigenvalue weighted by Gasteiger charge is 2.32. The van der Waals surface area contributed by atoms with Crippen molar-refractivity contribution in [2.45, 2.75) is 12.8 Å². The number of rotatable bonds is 2. The minimum atomic E-state index is -4.79. The number of halogens is 4. The molecule has 0 aliphatic rings. The Labute approximate surface area is 97.0 Å². The summed E-state index contributed by atoms with van der Waals surface area (Å²) < 4.78 is 39.9. The molecule has 0 saturated heterocycles. The molecular weight excluding hydrogens is 324 g/mol. The number of hydrogen-bond acceptors (Lipinski definition) is 3. The zero-order valence-corrected chi connectivity index (χ0v) is 9.33. The van der Waals surface area contributed by atoms with Gasteiger partial charge in [-0.3, -0.25) is 0 Å². The molecule has 0 aliphatic heterocycles. The predicted octanol–water partition coefficient (Wildman–Crippen LogP) is 2.65. The quantitative estimate of drug-likeness (QED) is 0.619. The van der Waals surface area contributed by atoms with Crippen LogP contribution < -0.4 is 4.74 Å². The van der Waals surface area contributed by atoms with Crippen LogP contribution in [-0.4, -0.2) is 11.3 Å². The summed E-state index contributed by atoms with van der Waals surface area (Å²) in [6.45, 7) is 0. The van der Waals surface area contributed by atoms with Gasteiger partial charge in [0.2, 0.25) is 5.88 Å². The fourth-order valence-corrected chi connectivity index (χ4v) is 1.26. The minimum absolute atomic E-state index is 0.121. The average molecular weight is 328 g/mol. The Balaban J connectivity index is 3.03. The van der Waals surface area contributed by atoms with Gasteiger partial charge in [-0.05, 0) is 34.7 Å². The smallest absolute Gasteiger partial charge is 0.388 e. The number of hydrogen-bond donors (Lipinski definition) is 0. The van der Waals surface area contributed by atoms with Crippen LogP contribution in [-0.2, 0) is 6.42 Å². The molecule has 0 aliphatic carbocycles. The number of aromatic nitrogens is 1. The highest BCUT2D eigenvalue weighted by atomic mass is 127. The van der Waals surface area contributed by atoms with E-state index in [1.165, 1.54) is 12.1 Å². The number of ether oxygens (including phenoxy) is 1. The molecule has 0 aromatic carbocycles. The molecule has 15 heavy (non-hydrogen) atoms. The molecule has 1 rings (SSSR count). The van der Waals surface area contributed by atoms with E-state index in [4.69, 9.17) is 5.26 Å². The summed E-state index contributed by atoms with van der Waals surface area (Å²) in [5.74, 6) is -0.559. The zero-order valence-electron chi connectivity index (χ0n) is 7.18. The third-order valence-electron chi connectivity index (χ3n) is 1.39. The number of nitriles is 1. The molecule has 0 fully saturated rings. The van der Waals surface area contributed by atoms with Gasteiger partial charge in [0.25, 0.3) is 0 Å². The molecule has 1 heterocycles. The Morgan fingerprint density at radius 2 is 2.13 bits per heavy atom. The summed E-state index contributed by atoms with van der Waals surface area (Å²) in [4.78, 5) is 3.57. The predicted molar refractivity (Wildman–Crippen MR) is 53.0 cm³/mol. The highest BCUT2D eigenvalue weighted by molar-refractivity contribution is 14.1. The summed E-state index contributed by atoms with van der Waals surface area (Å²) in [5, 5.41) is 8.40. The molecule has 0 amide bonds. The SMILES string of the molecule is N#CCc1ccc(I)nc1OC(F)(F)F. The Morgan fingerprint density at radius 3 is 2.67 bits per heavy atom. The normalized spacial score (nSPS) is 10.9. The largest absolute Gasteiger partial charge is 0.574 e. The van der Waals surface area contributed by atoms with Crippen LogP contribution >= 0.6 is 22.6 Å². The van der Waals surface area contributed by atoms with E-state index in [-0.39, 0.29) is 12.0 Å². The van der Waals surface area contributed by atoms with E-state index >= 15 is 0 Å². The summed E-state index contributed by atoms with van der Waals surface area (Å²) in [6, 6.07) is 4.64. The van der Waals surface area contributed by atoms with Crippen molar-refractivity contribution in [3.63, 3.8) is 0 Å². The van der Waals surface area contributed by atoms with Crippen LogP contribution in [0.25, 0.3) is 0 Å². The second kappa shape index (κ2) is 4.65. The van der Waals surface area contributed by atoms with E-state index in [0.29, 0.717) is 3.70 Å². The van der Waals surface area contributed by atoms with Crippen LogP contribution in [0.2, 0.25) is 0 Å². The second-order valence-electron chi connectivity index (χ2n) is 2.48. The lowest BCUT2D eigenvalue weighted by molar-refractivity contribution is -0.276. The summed E-state index contributed by atoms with van der Waals surface area (Å²) >= 11 is 1.76. The zero-order chi connectivity index (χ0) is 11.5. The summed E-state index contributed by atoms with van der Waals surface area (Å²) in [6.07, 6.45) is -4.96.